The van der Waals surface area contributed by atoms with Gasteiger partial charge in [0.1, 0.15) is 16.5 Å². The van der Waals surface area contributed by atoms with Gasteiger partial charge in [-0.1, -0.05) is 36.5 Å². The predicted molar refractivity (Wildman–Crippen MR) is 124 cm³/mol. The van der Waals surface area contributed by atoms with Crippen LogP contribution in [0, 0.1) is 0 Å². The van der Waals surface area contributed by atoms with Gasteiger partial charge in [-0.05, 0) is 42.6 Å². The Bertz CT molecular complexity index is 1360. The predicted octanol–water partition coefficient (Wildman–Crippen LogP) is 5.77. The van der Waals surface area contributed by atoms with Crippen molar-refractivity contribution in [2.75, 3.05) is 0 Å². The van der Waals surface area contributed by atoms with Crippen LogP contribution in [-0.4, -0.2) is 21.4 Å². The van der Waals surface area contributed by atoms with Crippen molar-refractivity contribution in [3.63, 3.8) is 0 Å². The normalized spacial score (nSPS) is 12.6. The molecule has 2 N–H and O–H groups in total. The Morgan fingerprint density at radius 3 is 2.21 bits per heavy atom. The molecule has 1 unspecified atom stereocenters. The number of nitrogens with two attached hydrogens (primary N) is 1. The molecule has 0 radical (unpaired) electrons. The van der Waals surface area contributed by atoms with Crippen molar-refractivity contribution in [3.05, 3.63) is 66.2 Å². The molecule has 1 atom stereocenters. The van der Waals surface area contributed by atoms with E-state index in [1.165, 1.54) is 13.0 Å². The monoisotopic (exact) mass is 472 g/mol. The molecule has 170 valence electrons. The number of aryl methyl sites for hydroxylation is 1. The van der Waals surface area contributed by atoms with E-state index in [2.05, 4.69) is 0 Å². The number of hydrogen-bond donors (Lipinski definition) is 1. The number of alkyl halides is 3. The summed E-state index contributed by atoms with van der Waals surface area (Å²) in [5.74, 6) is 0.855. The summed E-state index contributed by atoms with van der Waals surface area (Å²) in [5.41, 5.74) is 5.48. The lowest BCUT2D eigenvalue weighted by molar-refractivity contribution is -0.136. The Morgan fingerprint density at radius 1 is 1.03 bits per heavy atom. The number of benzene rings is 3. The molecule has 1 heterocycles. The molecule has 0 fully saturated rings. The van der Waals surface area contributed by atoms with Gasteiger partial charge in [0.25, 0.3) is 0 Å². The highest BCUT2D eigenvalue weighted by molar-refractivity contribution is 7.80. The molecule has 3 aromatic carbocycles. The van der Waals surface area contributed by atoms with Crippen LogP contribution in [0.25, 0.3) is 21.7 Å². The van der Waals surface area contributed by atoms with Gasteiger partial charge in [0.05, 0.1) is 11.1 Å². The molecule has 5 nitrogen and oxygen atoms in total. The van der Waals surface area contributed by atoms with E-state index in [1.807, 2.05) is 0 Å². The topological polar surface area (TPSA) is 66.5 Å². The Kier molecular flexibility index (Phi) is 5.75. The van der Waals surface area contributed by atoms with Crippen LogP contribution < -0.4 is 15.2 Å². The lowest BCUT2D eigenvalue weighted by atomic mass is 10.0. The van der Waals surface area contributed by atoms with Gasteiger partial charge in [0.15, 0.2) is 5.78 Å². The van der Waals surface area contributed by atoms with Crippen molar-refractivity contribution in [1.29, 1.82) is 0 Å². The zero-order valence-corrected chi connectivity index (χ0v) is 18.5. The summed E-state index contributed by atoms with van der Waals surface area (Å²) in [6.07, 6.45) is -5.51. The van der Waals surface area contributed by atoms with Gasteiger partial charge in [-0.15, -0.1) is 0 Å². The summed E-state index contributed by atoms with van der Waals surface area (Å²) in [6.45, 7) is 1.33. The van der Waals surface area contributed by atoms with Crippen molar-refractivity contribution in [2.45, 2.75) is 19.2 Å². The van der Waals surface area contributed by atoms with Crippen LogP contribution in [0.1, 0.15) is 12.5 Å². The largest absolute Gasteiger partial charge is 0.475 e. The van der Waals surface area contributed by atoms with E-state index in [0.717, 1.165) is 6.07 Å². The minimum atomic E-state index is -4.48. The molecule has 4 aromatic rings. The first-order valence-electron chi connectivity index (χ1n) is 9.89. The number of thiocarbonyl (C=S) groups is 1. The summed E-state index contributed by atoms with van der Waals surface area (Å²) >= 11 is 4.85. The number of fused-ring (bicyclic) bond motifs is 3. The summed E-state index contributed by atoms with van der Waals surface area (Å²) < 4.78 is 54.1. The Labute approximate surface area is 192 Å². The molecule has 0 bridgehead atoms. The number of Topliss-reactive ketones (excluding diaryl/α,β-unsaturated/α-hetero) is 1. The highest BCUT2D eigenvalue weighted by Gasteiger charge is 2.33. The van der Waals surface area contributed by atoms with E-state index >= 15 is 0 Å². The average molecular weight is 472 g/mol. The first-order valence-corrected chi connectivity index (χ1v) is 10.3. The second-order valence-corrected chi connectivity index (χ2v) is 8.00. The number of carbonyl (C=O) groups excluding carboxylic acids is 1. The molecule has 33 heavy (non-hydrogen) atoms. The maximum Gasteiger partial charge on any atom is 0.417 e. The van der Waals surface area contributed by atoms with Crippen LogP contribution >= 0.6 is 12.2 Å². The second kappa shape index (κ2) is 8.40. The molecular formula is C24H19F3N2O3S. The van der Waals surface area contributed by atoms with Gasteiger partial charge >= 0.3 is 6.18 Å². The third kappa shape index (κ3) is 4.36. The molecule has 0 saturated carbocycles. The van der Waals surface area contributed by atoms with E-state index < -0.39 is 17.8 Å². The van der Waals surface area contributed by atoms with Gasteiger partial charge in [0.2, 0.25) is 12.0 Å². The number of nitrogens with zero attached hydrogens (tertiary/aromatic N) is 1. The van der Waals surface area contributed by atoms with Gasteiger partial charge in [-0.3, -0.25) is 4.79 Å². The number of ether oxygens (including phenoxy) is 2. The molecule has 4 rings (SSSR count). The fraction of sp³-hybridized carbons (Fsp3) is 0.167. The van der Waals surface area contributed by atoms with Crippen LogP contribution in [0.2, 0.25) is 0 Å². The van der Waals surface area contributed by atoms with Crippen LogP contribution in [0.5, 0.6) is 17.4 Å². The molecule has 0 saturated heterocycles. The maximum absolute atomic E-state index is 13.6. The standard InChI is InChI=1S/C24H19F3N2O3S/c1-13(30)22(23(28)33)32-16-9-7-15(8-10-16)31-20-12-14-11-19(24(25,26)27)17-5-3-4-6-18(17)21(14)29(20)2/h3-12,22H,1-2H3,(H2,28,33). The van der Waals surface area contributed by atoms with E-state index in [1.54, 1.807) is 60.1 Å². The van der Waals surface area contributed by atoms with Gasteiger partial charge < -0.3 is 19.8 Å². The summed E-state index contributed by atoms with van der Waals surface area (Å²) in [6, 6.07) is 15.5. The van der Waals surface area contributed by atoms with Crippen LogP contribution in [-0.2, 0) is 18.0 Å². The number of hydrogen-bond acceptors (Lipinski definition) is 4. The number of rotatable bonds is 6. The van der Waals surface area contributed by atoms with E-state index in [9.17, 15) is 18.0 Å². The highest BCUT2D eigenvalue weighted by atomic mass is 32.1. The van der Waals surface area contributed by atoms with Crippen molar-refractivity contribution in [3.8, 4) is 17.4 Å². The number of halogens is 3. The number of aromatic nitrogens is 1. The molecular weight excluding hydrogens is 453 g/mol. The second-order valence-electron chi connectivity index (χ2n) is 7.53. The first-order chi connectivity index (χ1) is 15.6. The fourth-order valence-corrected chi connectivity index (χ4v) is 3.94. The third-order valence-electron chi connectivity index (χ3n) is 5.22. The lowest BCUT2D eigenvalue weighted by Crippen LogP contribution is -2.37. The van der Waals surface area contributed by atoms with Crippen molar-refractivity contribution in [2.24, 2.45) is 12.8 Å². The first kappa shape index (κ1) is 22.6. The average Bonchev–Trinajstić information content (AvgIpc) is 3.07. The summed E-state index contributed by atoms with van der Waals surface area (Å²) in [4.78, 5) is 11.5. The zero-order valence-electron chi connectivity index (χ0n) is 17.6. The molecule has 1 aromatic heterocycles. The van der Waals surface area contributed by atoms with Crippen molar-refractivity contribution < 1.29 is 27.4 Å². The number of ketones is 1. The van der Waals surface area contributed by atoms with E-state index in [4.69, 9.17) is 27.4 Å². The van der Waals surface area contributed by atoms with E-state index in [0.29, 0.717) is 33.7 Å². The lowest BCUT2D eigenvalue weighted by Gasteiger charge is -2.15. The molecule has 0 aliphatic carbocycles. The molecule has 0 amide bonds. The van der Waals surface area contributed by atoms with Crippen molar-refractivity contribution >= 4 is 44.7 Å². The summed E-state index contributed by atoms with van der Waals surface area (Å²) in [5, 5.41) is 1.03. The van der Waals surface area contributed by atoms with E-state index in [-0.39, 0.29) is 16.2 Å². The zero-order chi connectivity index (χ0) is 23.9. The smallest absolute Gasteiger partial charge is 0.417 e. The van der Waals surface area contributed by atoms with Crippen LogP contribution in [0.15, 0.2) is 60.7 Å². The summed E-state index contributed by atoms with van der Waals surface area (Å²) in [7, 11) is 1.73. The SMILES string of the molecule is CC(=O)C(Oc1ccc(Oc2cc3cc(C(F)(F)F)c4ccccc4c3n2C)cc1)C(N)=S. The minimum Gasteiger partial charge on any atom is -0.475 e. The van der Waals surface area contributed by atoms with Gasteiger partial charge in [-0.2, -0.15) is 13.2 Å². The maximum atomic E-state index is 13.6. The fourth-order valence-electron chi connectivity index (χ4n) is 3.72. The molecule has 0 aliphatic rings. The third-order valence-corrected chi connectivity index (χ3v) is 5.44. The number of carbonyl (C=O) groups is 1. The Balaban J connectivity index is 1.69. The van der Waals surface area contributed by atoms with Gasteiger partial charge in [-0.25, -0.2) is 0 Å². The van der Waals surface area contributed by atoms with Crippen LogP contribution in [0.3, 0.4) is 0 Å². The molecule has 9 heteroatoms. The highest BCUT2D eigenvalue weighted by Crippen LogP contribution is 2.41. The molecule has 0 aliphatic heterocycles. The molecule has 0 spiro atoms. The Morgan fingerprint density at radius 2 is 1.64 bits per heavy atom. The quantitative estimate of drug-likeness (QED) is 0.361. The van der Waals surface area contributed by atoms with Crippen molar-refractivity contribution in [1.82, 2.24) is 4.57 Å². The minimum absolute atomic E-state index is 0.0659. The van der Waals surface area contributed by atoms with Gasteiger partial charge in [0, 0.05) is 23.9 Å². The Hall–Kier alpha value is -3.59. The van der Waals surface area contributed by atoms with Crippen LogP contribution in [0.4, 0.5) is 13.2 Å².